The topological polar surface area (TPSA) is 184 Å². The van der Waals surface area contributed by atoms with Gasteiger partial charge in [-0.2, -0.15) is 0 Å². The van der Waals surface area contributed by atoms with E-state index in [1.54, 1.807) is 48.5 Å². The van der Waals surface area contributed by atoms with E-state index >= 15 is 0 Å². The van der Waals surface area contributed by atoms with Crippen LogP contribution in [0.25, 0.3) is 6.08 Å². The number of nitro groups is 2. The predicted octanol–water partition coefficient (Wildman–Crippen LogP) is 7.27. The van der Waals surface area contributed by atoms with Crippen LogP contribution in [0.1, 0.15) is 78.1 Å². The van der Waals surface area contributed by atoms with Crippen molar-refractivity contribution in [3.05, 3.63) is 104 Å². The predicted molar refractivity (Wildman–Crippen MR) is 178 cm³/mol. The van der Waals surface area contributed by atoms with Crippen LogP contribution in [-0.2, 0) is 14.3 Å². The Bertz CT molecular complexity index is 1600. The Morgan fingerprint density at radius 2 is 1.33 bits per heavy atom. The molecule has 0 aliphatic heterocycles. The minimum absolute atomic E-state index is 0.0202. The Morgan fingerprint density at radius 3 is 1.94 bits per heavy atom. The fraction of sp³-hybridized carbons (Fsp3) is 0.343. The molecule has 0 amide bonds. The molecule has 0 fully saturated rings. The second kappa shape index (κ2) is 19.8. The Hall–Kier alpha value is -5.79. The summed E-state index contributed by atoms with van der Waals surface area (Å²) < 4.78 is 26.9. The number of hydrogen-bond acceptors (Lipinski definition) is 12. The number of nitrogens with zero attached hydrogens (tertiary/aromatic N) is 2. The van der Waals surface area contributed by atoms with Crippen LogP contribution in [0.3, 0.4) is 0 Å². The van der Waals surface area contributed by atoms with E-state index in [0.717, 1.165) is 37.5 Å². The fourth-order valence-corrected chi connectivity index (χ4v) is 4.38. The number of nitro benzene ring substituents is 2. The molecule has 49 heavy (non-hydrogen) atoms. The average Bonchev–Trinajstić information content (AvgIpc) is 3.10. The molecule has 0 saturated carbocycles. The number of esters is 3. The van der Waals surface area contributed by atoms with Crippen LogP contribution < -0.4 is 14.2 Å². The number of unbranched alkanes of at least 4 members (excludes halogenated alkanes) is 5. The van der Waals surface area contributed by atoms with E-state index in [9.17, 15) is 34.6 Å². The molecule has 3 rings (SSSR count). The summed E-state index contributed by atoms with van der Waals surface area (Å²) in [5.74, 6) is -0.654. The highest BCUT2D eigenvalue weighted by atomic mass is 16.6. The molecular weight excluding hydrogens is 640 g/mol. The number of benzene rings is 3. The van der Waals surface area contributed by atoms with Gasteiger partial charge in [-0.05, 0) is 74.1 Å². The van der Waals surface area contributed by atoms with Gasteiger partial charge in [-0.1, -0.05) is 31.9 Å². The molecule has 0 aromatic heterocycles. The molecule has 0 aliphatic rings. The molecule has 0 N–H and O–H groups in total. The minimum atomic E-state index is -0.894. The molecule has 0 heterocycles. The van der Waals surface area contributed by atoms with E-state index in [1.165, 1.54) is 13.2 Å². The molecule has 0 unspecified atom stereocenters. The first-order chi connectivity index (χ1) is 23.6. The first-order valence-corrected chi connectivity index (χ1v) is 15.7. The molecule has 14 heteroatoms. The molecule has 3 aromatic rings. The average molecular weight is 679 g/mol. The quantitative estimate of drug-likeness (QED) is 0.0291. The molecule has 0 saturated heterocycles. The van der Waals surface area contributed by atoms with E-state index in [-0.39, 0.29) is 18.8 Å². The summed E-state index contributed by atoms with van der Waals surface area (Å²) in [4.78, 5) is 57.3. The number of hydrogen-bond donors (Lipinski definition) is 0. The third-order valence-electron chi connectivity index (χ3n) is 6.98. The van der Waals surface area contributed by atoms with Gasteiger partial charge in [0.15, 0.2) is 11.5 Å². The Morgan fingerprint density at radius 1 is 0.694 bits per heavy atom. The van der Waals surface area contributed by atoms with Crippen LogP contribution in [-0.4, -0.2) is 54.7 Å². The van der Waals surface area contributed by atoms with Gasteiger partial charge in [-0.3, -0.25) is 20.2 Å². The van der Waals surface area contributed by atoms with Crippen LogP contribution in [0.5, 0.6) is 17.2 Å². The largest absolute Gasteiger partial charge is 0.493 e. The summed E-state index contributed by atoms with van der Waals surface area (Å²) in [6, 6.07) is 14.1. The maximum Gasteiger partial charge on any atom is 0.343 e. The molecule has 0 radical (unpaired) electrons. The van der Waals surface area contributed by atoms with Gasteiger partial charge in [0.1, 0.15) is 5.75 Å². The van der Waals surface area contributed by atoms with Crippen molar-refractivity contribution < 1.29 is 47.9 Å². The summed E-state index contributed by atoms with van der Waals surface area (Å²) in [5, 5.41) is 22.0. The van der Waals surface area contributed by atoms with Gasteiger partial charge >= 0.3 is 17.9 Å². The van der Waals surface area contributed by atoms with Crippen molar-refractivity contribution in [3.8, 4) is 17.2 Å². The summed E-state index contributed by atoms with van der Waals surface area (Å²) in [6.07, 6.45) is 8.33. The highest BCUT2D eigenvalue weighted by molar-refractivity contribution is 5.92. The number of carbonyl (C=O) groups excluding carboxylic acids is 3. The summed E-state index contributed by atoms with van der Waals surface area (Å²) in [6.45, 7) is 2.88. The zero-order valence-corrected chi connectivity index (χ0v) is 27.3. The number of rotatable bonds is 20. The summed E-state index contributed by atoms with van der Waals surface area (Å²) >= 11 is 0. The van der Waals surface area contributed by atoms with Crippen molar-refractivity contribution in [2.75, 3.05) is 26.9 Å². The lowest BCUT2D eigenvalue weighted by Gasteiger charge is -2.12. The normalized spacial score (nSPS) is 10.7. The van der Waals surface area contributed by atoms with Gasteiger partial charge in [-0.25, -0.2) is 14.4 Å². The van der Waals surface area contributed by atoms with Crippen molar-refractivity contribution in [1.29, 1.82) is 0 Å². The number of methoxy groups -OCH3 is 1. The van der Waals surface area contributed by atoms with Crippen molar-refractivity contribution >= 4 is 35.4 Å². The summed E-state index contributed by atoms with van der Waals surface area (Å²) in [5.41, 5.74) is -0.434. The van der Waals surface area contributed by atoms with Crippen molar-refractivity contribution in [1.82, 2.24) is 0 Å². The van der Waals surface area contributed by atoms with Crippen LogP contribution in [0.2, 0.25) is 0 Å². The molecule has 260 valence electrons. The van der Waals surface area contributed by atoms with Crippen LogP contribution >= 0.6 is 0 Å². The lowest BCUT2D eigenvalue weighted by molar-refractivity contribution is -0.394. The third kappa shape index (κ3) is 12.7. The zero-order chi connectivity index (χ0) is 35.6. The minimum Gasteiger partial charge on any atom is -0.493 e. The van der Waals surface area contributed by atoms with Crippen LogP contribution in [0, 0.1) is 20.2 Å². The van der Waals surface area contributed by atoms with E-state index < -0.39 is 39.1 Å². The molecule has 0 bridgehead atoms. The van der Waals surface area contributed by atoms with Crippen LogP contribution in [0.15, 0.2) is 66.7 Å². The number of ether oxygens (including phenoxy) is 5. The van der Waals surface area contributed by atoms with Gasteiger partial charge in [0.25, 0.3) is 11.4 Å². The smallest absolute Gasteiger partial charge is 0.343 e. The maximum atomic E-state index is 12.7. The Kier molecular flexibility index (Phi) is 15.2. The molecule has 0 spiro atoms. The second-order valence-electron chi connectivity index (χ2n) is 10.7. The van der Waals surface area contributed by atoms with Gasteiger partial charge < -0.3 is 23.7 Å². The van der Waals surface area contributed by atoms with Gasteiger partial charge in [0, 0.05) is 18.2 Å². The molecule has 0 atom stereocenters. The molecule has 3 aromatic carbocycles. The number of carbonyl (C=O) groups is 3. The fourth-order valence-electron chi connectivity index (χ4n) is 4.38. The first kappa shape index (κ1) is 37.7. The van der Waals surface area contributed by atoms with E-state index in [1.807, 2.05) is 0 Å². The third-order valence-corrected chi connectivity index (χ3v) is 6.98. The standard InChI is InChI=1S/C35H38N2O12/c1-3-4-7-18-46-31-16-13-26(23-32(31)45-2)35(40)49-30-14-10-25(11-15-30)12-17-33(38)47-19-8-5-6-9-20-48-34(39)27-21-28(36(41)42)24-29(22-27)37(43)44/h10-17,21-24H,3-9,18-20H2,1-2H3/b17-12+. The van der Waals surface area contributed by atoms with Crippen molar-refractivity contribution in [2.45, 2.75) is 51.9 Å². The Balaban J connectivity index is 1.33. The van der Waals surface area contributed by atoms with Gasteiger partial charge in [0.2, 0.25) is 0 Å². The lowest BCUT2D eigenvalue weighted by atomic mass is 10.1. The zero-order valence-electron chi connectivity index (χ0n) is 27.3. The van der Waals surface area contributed by atoms with E-state index in [4.69, 9.17) is 23.7 Å². The highest BCUT2D eigenvalue weighted by Crippen LogP contribution is 2.29. The number of non-ortho nitro benzene ring substituents is 2. The van der Waals surface area contributed by atoms with Crippen molar-refractivity contribution in [3.63, 3.8) is 0 Å². The molecular formula is C35H38N2O12. The maximum absolute atomic E-state index is 12.7. The van der Waals surface area contributed by atoms with Gasteiger partial charge in [-0.15, -0.1) is 0 Å². The SMILES string of the molecule is CCCCCOc1ccc(C(=O)Oc2ccc(/C=C/C(=O)OCCCCCCOC(=O)c3cc([N+](=O)[O-])cc([N+](=O)[O-])c3)cc2)cc1OC. The Labute approximate surface area is 282 Å². The highest BCUT2D eigenvalue weighted by Gasteiger charge is 2.20. The van der Waals surface area contributed by atoms with E-state index in [0.29, 0.717) is 60.7 Å². The molecule has 0 aliphatic carbocycles. The van der Waals surface area contributed by atoms with E-state index in [2.05, 4.69) is 6.92 Å². The lowest BCUT2D eigenvalue weighted by Crippen LogP contribution is -2.09. The first-order valence-electron chi connectivity index (χ1n) is 15.7. The second-order valence-corrected chi connectivity index (χ2v) is 10.7. The van der Waals surface area contributed by atoms with Crippen molar-refractivity contribution in [2.24, 2.45) is 0 Å². The van der Waals surface area contributed by atoms with Crippen LogP contribution in [0.4, 0.5) is 11.4 Å². The monoisotopic (exact) mass is 678 g/mol. The van der Waals surface area contributed by atoms with Gasteiger partial charge in [0.05, 0.1) is 54.0 Å². The summed E-state index contributed by atoms with van der Waals surface area (Å²) in [7, 11) is 1.51. The molecule has 14 nitrogen and oxygen atoms in total.